The molecule has 10 nitrogen and oxygen atoms in total. The third-order valence-electron chi connectivity index (χ3n) is 20.7. The van der Waals surface area contributed by atoms with E-state index in [0.29, 0.717) is 10.3 Å². The molecule has 0 atom stereocenters. The Morgan fingerprint density at radius 3 is 0.969 bits per heavy atom. The van der Waals surface area contributed by atoms with Gasteiger partial charge >= 0.3 is 13.2 Å². The number of pyridine rings is 2. The molecule has 1 aliphatic heterocycles. The van der Waals surface area contributed by atoms with Gasteiger partial charge < -0.3 is 14.0 Å². The van der Waals surface area contributed by atoms with Crippen LogP contribution in [0.3, 0.4) is 0 Å². The van der Waals surface area contributed by atoms with Crippen molar-refractivity contribution in [2.45, 2.75) is 86.5 Å². The van der Waals surface area contributed by atoms with Crippen molar-refractivity contribution in [1.29, 1.82) is 0 Å². The summed E-state index contributed by atoms with van der Waals surface area (Å²) in [6, 6.07) is 145. The van der Waals surface area contributed by atoms with Gasteiger partial charge in [-0.25, -0.2) is 14.8 Å². The minimum Gasteiger partial charge on any atom is -0.442 e. The van der Waals surface area contributed by atoms with Gasteiger partial charge in [0.1, 0.15) is 15.9 Å². The molecule has 0 aliphatic carbocycles. The molecule has 0 radical (unpaired) electrons. The number of nitrogens with zero attached hydrogens (tertiary/aromatic N) is 5. The van der Waals surface area contributed by atoms with Crippen LogP contribution < -0.4 is 69.1 Å². The normalized spacial score (nSPS) is 12.1. The van der Waals surface area contributed by atoms with Crippen LogP contribution in [0.15, 0.2) is 442 Å². The molecule has 18 aromatic rings. The summed E-state index contributed by atoms with van der Waals surface area (Å²) in [5, 5.41) is 30.8. The number of aromatic nitrogens is 6. The van der Waals surface area contributed by atoms with Gasteiger partial charge in [0, 0.05) is 59.1 Å². The van der Waals surface area contributed by atoms with Gasteiger partial charge in [-0.1, -0.05) is 417 Å². The summed E-state index contributed by atoms with van der Waals surface area (Å²) in [7, 11) is -2.22. The van der Waals surface area contributed by atoms with Crippen molar-refractivity contribution in [3.8, 4) is 11.1 Å². The molecule has 1 saturated heterocycles. The number of aromatic amines is 1. The molecule has 5 heterocycles. The SMILES string of the molecule is C.CC1(C)OB(c2cccnc2Cl)OC1(C)C.Cc1cc2[nH]ncc2cc1-c1cccnc1Cl.Cc1cc2c(cnn2C(=O)OC(C)(C)C)cc1Br.[Pd].c1ccc(P(c2ccccc2)c2ccccc2)cc1.c1ccc(P(c2ccccc2)c2ccccc2)cc1.c1ccc(P(c2ccccc2)c2ccccc2)cc1.c1ccc(P(c2ccccc2)c2ccccc2)cc1. The molecule has 0 amide bonds. The van der Waals surface area contributed by atoms with E-state index in [4.69, 9.17) is 37.2 Å². The average molecular weight is 1970 g/mol. The van der Waals surface area contributed by atoms with Gasteiger partial charge in [-0.3, -0.25) is 5.10 Å². The number of nitrogens with one attached hydrogen (secondary N) is 1. The summed E-state index contributed by atoms with van der Waals surface area (Å²) in [6.07, 6.45) is 6.35. The number of ether oxygens (including phenoxy) is 1. The third kappa shape index (κ3) is 27.4. The number of carbonyl (C=O) groups excluding carboxylic acids is 1. The first-order valence-electron chi connectivity index (χ1n) is 41.9. The van der Waals surface area contributed by atoms with Crippen molar-refractivity contribution in [2.24, 2.45) is 0 Å². The van der Waals surface area contributed by atoms with E-state index in [1.807, 2.05) is 98.0 Å². The molecule has 0 spiro atoms. The zero-order chi connectivity index (χ0) is 89.0. The minimum absolute atomic E-state index is 0. The zero-order valence-electron chi connectivity index (χ0n) is 72.8. The van der Waals surface area contributed by atoms with Gasteiger partial charge in [0.25, 0.3) is 0 Å². The predicted molar refractivity (Wildman–Crippen MR) is 555 cm³/mol. The number of hydrogen-bond donors (Lipinski definition) is 1. The number of halogens is 3. The van der Waals surface area contributed by atoms with Crippen LogP contribution in [0.4, 0.5) is 4.79 Å². The smallest absolute Gasteiger partial charge is 0.442 e. The predicted octanol–water partition coefficient (Wildman–Crippen LogP) is 23.9. The van der Waals surface area contributed by atoms with E-state index >= 15 is 0 Å². The zero-order valence-corrected chi connectivity index (χ0v) is 81.0. The monoisotopic (exact) mass is 1960 g/mol. The maximum atomic E-state index is 12.0. The van der Waals surface area contributed by atoms with Crippen molar-refractivity contribution >= 4 is 175 Å². The van der Waals surface area contributed by atoms with Crippen LogP contribution in [0, 0.1) is 13.8 Å². The Balaban J connectivity index is 0.000000145. The van der Waals surface area contributed by atoms with E-state index < -0.39 is 50.5 Å². The number of fused-ring (bicyclic) bond motifs is 2. The van der Waals surface area contributed by atoms with Crippen LogP contribution >= 0.6 is 70.8 Å². The molecule has 0 unspecified atom stereocenters. The third-order valence-corrected chi connectivity index (χ3v) is 32.0. The van der Waals surface area contributed by atoms with Crippen molar-refractivity contribution in [3.05, 3.63) is 463 Å². The molecule has 19 rings (SSSR count). The summed E-state index contributed by atoms with van der Waals surface area (Å²) < 4.78 is 19.4. The van der Waals surface area contributed by atoms with Crippen LogP contribution in [0.25, 0.3) is 32.9 Å². The molecular formula is C110H104BBrCl2N6O4P4Pd. The molecule has 1 N–H and O–H groups in total. The summed E-state index contributed by atoms with van der Waals surface area (Å²) in [5.41, 5.74) is 5.59. The maximum Gasteiger partial charge on any atom is 0.498 e. The Morgan fingerprint density at radius 2 is 0.682 bits per heavy atom. The first kappa shape index (κ1) is 98.8. The number of hydrogen-bond acceptors (Lipinski definition) is 8. The second-order valence-corrected chi connectivity index (χ2v) is 42.0. The fraction of sp³-hybridized carbons (Fsp3) is 0.118. The molecule has 0 saturated carbocycles. The van der Waals surface area contributed by atoms with Crippen molar-refractivity contribution in [1.82, 2.24) is 29.9 Å². The summed E-state index contributed by atoms with van der Waals surface area (Å²) in [4.78, 5) is 20.1. The van der Waals surface area contributed by atoms with E-state index in [9.17, 15) is 4.79 Å². The number of H-pyrrole nitrogens is 1. The van der Waals surface area contributed by atoms with E-state index in [0.717, 1.165) is 54.0 Å². The van der Waals surface area contributed by atoms with Gasteiger partial charge in [-0.15, -0.1) is 0 Å². The van der Waals surface area contributed by atoms with Crippen molar-refractivity contribution < 1.29 is 39.3 Å². The van der Waals surface area contributed by atoms with E-state index in [2.05, 4.69) is 424 Å². The topological polar surface area (TPSA) is 117 Å². The molecule has 129 heavy (non-hydrogen) atoms. The van der Waals surface area contributed by atoms with E-state index in [-0.39, 0.29) is 39.1 Å². The molecule has 0 bridgehead atoms. The molecule has 652 valence electrons. The first-order chi connectivity index (χ1) is 61.7. The van der Waals surface area contributed by atoms with Gasteiger partial charge in [-0.2, -0.15) is 14.9 Å². The Morgan fingerprint density at radius 1 is 0.388 bits per heavy atom. The molecular weight excluding hydrogens is 1860 g/mol. The van der Waals surface area contributed by atoms with Crippen LogP contribution in [0.5, 0.6) is 0 Å². The maximum absolute atomic E-state index is 12.0. The summed E-state index contributed by atoms with van der Waals surface area (Å²) >= 11 is 15.6. The second kappa shape index (κ2) is 48.7. The second-order valence-electron chi connectivity index (χ2n) is 31.5. The molecule has 14 aromatic carbocycles. The van der Waals surface area contributed by atoms with E-state index in [1.165, 1.54) is 68.3 Å². The number of benzene rings is 14. The Bertz CT molecular complexity index is 5540. The fourth-order valence-corrected chi connectivity index (χ4v) is 23.8. The Kier molecular flexibility index (Phi) is 37.3. The quantitative estimate of drug-likeness (QED) is 0.0650. The van der Waals surface area contributed by atoms with Crippen LogP contribution in [0.1, 0.15) is 67.0 Å². The Labute approximate surface area is 798 Å². The molecule has 4 aromatic heterocycles. The number of aryl methyl sites for hydroxylation is 2. The number of rotatable bonds is 14. The summed E-state index contributed by atoms with van der Waals surface area (Å²) in [6.45, 7) is 17.6. The van der Waals surface area contributed by atoms with Crippen molar-refractivity contribution in [2.75, 3.05) is 0 Å². The van der Waals surface area contributed by atoms with Gasteiger partial charge in [0.05, 0.1) is 34.6 Å². The van der Waals surface area contributed by atoms with Crippen LogP contribution in [0.2, 0.25) is 10.3 Å². The van der Waals surface area contributed by atoms with Gasteiger partial charge in [-0.05, 0) is 217 Å². The fourth-order valence-electron chi connectivity index (χ4n) is 13.8. The Hall–Kier alpha value is -10.8. The van der Waals surface area contributed by atoms with Crippen LogP contribution in [-0.4, -0.2) is 60.0 Å². The van der Waals surface area contributed by atoms with Crippen LogP contribution in [-0.2, 0) is 34.5 Å². The van der Waals surface area contributed by atoms with Gasteiger partial charge in [0.15, 0.2) is 0 Å². The van der Waals surface area contributed by atoms with Gasteiger partial charge in [0.2, 0.25) is 0 Å². The largest absolute Gasteiger partial charge is 0.498 e. The van der Waals surface area contributed by atoms with Crippen molar-refractivity contribution in [3.63, 3.8) is 0 Å². The van der Waals surface area contributed by atoms with E-state index in [1.54, 1.807) is 18.6 Å². The number of carbonyl (C=O) groups is 1. The molecule has 1 aliphatic rings. The molecule has 1 fully saturated rings. The standard InChI is InChI=1S/4C18H15P.C13H15BrN2O2.C13H10ClN3.C11H15BClNO2.CH4.Pd/c4*1-4-10-16(11-5-1)19(17-12-6-2-7-13-17)18-14-8-3-9-15-18;1-8-5-11-9(6-10(8)14)7-15-16(11)12(17)18-13(2,3)4;1-8-5-12-9(7-16-17-12)6-11(8)10-3-2-4-15-13(10)14;1-10(2)11(3,4)16-12(15-10)8-6-5-7-14-9(8)13;;/h4*1-15H;5-7H,1-4H3;2-7H,1H3,(H,16,17);5-7H,1-4H3;1H4;. The first-order valence-corrected chi connectivity index (χ1v) is 48.8. The summed E-state index contributed by atoms with van der Waals surface area (Å²) in [5.74, 6) is 0. The minimum atomic E-state index is -0.528. The molecule has 19 heteroatoms. The average Bonchev–Trinajstić information content (AvgIpc) is 1.61.